The Kier molecular flexibility index (Phi) is 6.19. The summed E-state index contributed by atoms with van der Waals surface area (Å²) in [5.41, 5.74) is 0. The molecule has 3 heteroatoms. The summed E-state index contributed by atoms with van der Waals surface area (Å²) in [5.74, 6) is 3.32. The van der Waals surface area contributed by atoms with Crippen LogP contribution in [0.2, 0.25) is 5.82 Å². The van der Waals surface area contributed by atoms with Crippen molar-refractivity contribution in [2.45, 2.75) is 90.5 Å². The molecule has 2 radical (unpaired) electrons. The molecule has 0 aromatic carbocycles. The fraction of sp³-hybridized carbons (Fsp3) is 0.944. The van der Waals surface area contributed by atoms with Crippen LogP contribution in [0.5, 0.6) is 0 Å². The molecule has 21 heavy (non-hydrogen) atoms. The highest BCUT2D eigenvalue weighted by atomic mass is 15.2. The Morgan fingerprint density at radius 2 is 1.71 bits per heavy atom. The van der Waals surface area contributed by atoms with Crippen LogP contribution in [0.3, 0.4) is 0 Å². The van der Waals surface area contributed by atoms with Crippen LogP contribution in [0.25, 0.3) is 0 Å². The van der Waals surface area contributed by atoms with Crippen LogP contribution < -0.4 is 0 Å². The van der Waals surface area contributed by atoms with Crippen molar-refractivity contribution in [1.29, 1.82) is 0 Å². The molecule has 0 amide bonds. The molecular formula is C18H33BN2. The second-order valence-electron chi connectivity index (χ2n) is 7.65. The van der Waals surface area contributed by atoms with E-state index in [1.54, 1.807) is 0 Å². The molecular weight excluding hydrogens is 255 g/mol. The Hall–Kier alpha value is -0.465. The third-order valence-corrected chi connectivity index (χ3v) is 5.20. The highest BCUT2D eigenvalue weighted by Gasteiger charge is 2.35. The maximum absolute atomic E-state index is 6.25. The van der Waals surface area contributed by atoms with E-state index in [4.69, 9.17) is 12.8 Å². The molecule has 0 spiro atoms. The molecule has 1 saturated heterocycles. The molecule has 1 aliphatic carbocycles. The normalized spacial score (nSPS) is 33.7. The zero-order valence-electron chi connectivity index (χ0n) is 14.5. The van der Waals surface area contributed by atoms with Crippen LogP contribution in [0.15, 0.2) is 4.99 Å². The standard InChI is InChI=1S/C18H33BN2/c1-13(2)20-18-17-8-6-5-7-16(19)10-9-15(17)11-12-21(18)14(3)4/h13-17H,5-12H2,1-4H3. The van der Waals surface area contributed by atoms with Gasteiger partial charge in [-0.1, -0.05) is 37.9 Å². The maximum Gasteiger partial charge on any atom is 0.103 e. The second kappa shape index (κ2) is 7.69. The van der Waals surface area contributed by atoms with Gasteiger partial charge < -0.3 is 4.90 Å². The Balaban J connectivity index is 2.21. The molecule has 1 saturated carbocycles. The summed E-state index contributed by atoms with van der Waals surface area (Å²) in [6.07, 6.45) is 8.97. The number of nitrogens with zero attached hydrogens (tertiary/aromatic N) is 2. The van der Waals surface area contributed by atoms with Gasteiger partial charge in [0.1, 0.15) is 5.84 Å². The zero-order chi connectivity index (χ0) is 15.4. The van der Waals surface area contributed by atoms with E-state index < -0.39 is 0 Å². The summed E-state index contributed by atoms with van der Waals surface area (Å²) in [7, 11) is 6.25. The van der Waals surface area contributed by atoms with E-state index in [-0.39, 0.29) is 0 Å². The van der Waals surface area contributed by atoms with E-state index in [9.17, 15) is 0 Å². The van der Waals surface area contributed by atoms with Crippen LogP contribution in [-0.4, -0.2) is 37.2 Å². The predicted molar refractivity (Wildman–Crippen MR) is 93.2 cm³/mol. The van der Waals surface area contributed by atoms with E-state index in [1.807, 2.05) is 0 Å². The molecule has 3 unspecified atom stereocenters. The highest BCUT2D eigenvalue weighted by Crippen LogP contribution is 2.37. The van der Waals surface area contributed by atoms with Crippen LogP contribution in [-0.2, 0) is 0 Å². The van der Waals surface area contributed by atoms with Gasteiger partial charge in [0.05, 0.1) is 7.85 Å². The fourth-order valence-corrected chi connectivity index (χ4v) is 4.06. The minimum absolute atomic E-state index is 0.398. The molecule has 0 bridgehead atoms. The van der Waals surface area contributed by atoms with Gasteiger partial charge >= 0.3 is 0 Å². The van der Waals surface area contributed by atoms with Crippen LogP contribution >= 0.6 is 0 Å². The average molecular weight is 288 g/mol. The number of piperidine rings is 1. The van der Waals surface area contributed by atoms with Crippen molar-refractivity contribution in [2.75, 3.05) is 6.54 Å². The van der Waals surface area contributed by atoms with E-state index >= 15 is 0 Å². The van der Waals surface area contributed by atoms with Gasteiger partial charge in [-0.05, 0) is 46.5 Å². The second-order valence-corrected chi connectivity index (χ2v) is 7.65. The van der Waals surface area contributed by atoms with Gasteiger partial charge in [0.25, 0.3) is 0 Å². The zero-order valence-corrected chi connectivity index (χ0v) is 14.5. The fourth-order valence-electron chi connectivity index (χ4n) is 4.06. The summed E-state index contributed by atoms with van der Waals surface area (Å²) in [6.45, 7) is 10.2. The van der Waals surface area contributed by atoms with E-state index in [0.717, 1.165) is 5.92 Å². The molecule has 2 nitrogen and oxygen atoms in total. The van der Waals surface area contributed by atoms with Gasteiger partial charge in [-0.3, -0.25) is 4.99 Å². The predicted octanol–water partition coefficient (Wildman–Crippen LogP) is 4.45. The topological polar surface area (TPSA) is 15.6 Å². The lowest BCUT2D eigenvalue weighted by molar-refractivity contribution is 0.207. The van der Waals surface area contributed by atoms with E-state index in [1.165, 1.54) is 57.3 Å². The summed E-state index contributed by atoms with van der Waals surface area (Å²) < 4.78 is 0. The van der Waals surface area contributed by atoms with Gasteiger partial charge in [-0.15, -0.1) is 0 Å². The molecule has 2 aliphatic rings. The lowest BCUT2D eigenvalue weighted by Crippen LogP contribution is -2.49. The van der Waals surface area contributed by atoms with E-state index in [2.05, 4.69) is 32.6 Å². The first-order chi connectivity index (χ1) is 9.99. The van der Waals surface area contributed by atoms with Crippen LogP contribution in [0, 0.1) is 11.8 Å². The Bertz CT molecular complexity index is 351. The van der Waals surface area contributed by atoms with Crippen molar-refractivity contribution in [2.24, 2.45) is 16.8 Å². The Morgan fingerprint density at radius 1 is 1.00 bits per heavy atom. The number of aliphatic imine (C=N–C) groups is 1. The SMILES string of the molecule is [B]C1CCCCC2C(=NC(C)C)N(C(C)C)CCC2CC1. The van der Waals surface area contributed by atoms with Gasteiger partial charge in [0.2, 0.25) is 0 Å². The largest absolute Gasteiger partial charge is 0.358 e. The van der Waals surface area contributed by atoms with Gasteiger partial charge in [0, 0.05) is 24.5 Å². The van der Waals surface area contributed by atoms with Crippen molar-refractivity contribution in [1.82, 2.24) is 4.90 Å². The first kappa shape index (κ1) is 16.9. The van der Waals surface area contributed by atoms with Crippen molar-refractivity contribution in [3.63, 3.8) is 0 Å². The molecule has 0 N–H and O–H groups in total. The summed E-state index contributed by atoms with van der Waals surface area (Å²) >= 11 is 0. The van der Waals surface area contributed by atoms with Crippen molar-refractivity contribution in [3.05, 3.63) is 0 Å². The van der Waals surface area contributed by atoms with Gasteiger partial charge in [-0.25, -0.2) is 0 Å². The number of rotatable bonds is 2. The van der Waals surface area contributed by atoms with Crippen LogP contribution in [0.4, 0.5) is 0 Å². The number of hydrogen-bond acceptors (Lipinski definition) is 1. The third-order valence-electron chi connectivity index (χ3n) is 5.20. The minimum Gasteiger partial charge on any atom is -0.358 e. The van der Waals surface area contributed by atoms with Crippen molar-refractivity contribution >= 4 is 13.7 Å². The summed E-state index contributed by atoms with van der Waals surface area (Å²) in [4.78, 5) is 7.63. The highest BCUT2D eigenvalue weighted by molar-refractivity contribution is 6.11. The molecule has 0 aromatic rings. The molecule has 0 aromatic heterocycles. The lowest BCUT2D eigenvalue weighted by atomic mass is 9.75. The lowest BCUT2D eigenvalue weighted by Gasteiger charge is -2.43. The average Bonchev–Trinajstić information content (AvgIpc) is 2.49. The monoisotopic (exact) mass is 288 g/mol. The minimum atomic E-state index is 0.398. The smallest absolute Gasteiger partial charge is 0.103 e. The first-order valence-electron chi connectivity index (χ1n) is 9.09. The molecule has 1 aliphatic heterocycles. The number of likely N-dealkylation sites (tertiary alicyclic amines) is 1. The molecule has 2 fully saturated rings. The van der Waals surface area contributed by atoms with Crippen molar-refractivity contribution < 1.29 is 0 Å². The molecule has 118 valence electrons. The molecule has 3 atom stereocenters. The molecule has 2 rings (SSSR count). The third kappa shape index (κ3) is 4.50. The Labute approximate surface area is 133 Å². The first-order valence-corrected chi connectivity index (χ1v) is 9.09. The molecule has 1 heterocycles. The van der Waals surface area contributed by atoms with Crippen LogP contribution in [0.1, 0.15) is 72.6 Å². The quantitative estimate of drug-likeness (QED) is 0.685. The van der Waals surface area contributed by atoms with Gasteiger partial charge in [-0.2, -0.15) is 0 Å². The van der Waals surface area contributed by atoms with Gasteiger partial charge in [0.15, 0.2) is 0 Å². The van der Waals surface area contributed by atoms with Crippen molar-refractivity contribution in [3.8, 4) is 0 Å². The summed E-state index contributed by atoms with van der Waals surface area (Å²) in [6, 6.07) is 0.966. The number of amidine groups is 1. The number of fused-ring (bicyclic) bond motifs is 1. The Morgan fingerprint density at radius 3 is 2.38 bits per heavy atom. The maximum atomic E-state index is 6.25. The number of hydrogen-bond donors (Lipinski definition) is 0. The van der Waals surface area contributed by atoms with E-state index in [0.29, 0.717) is 23.8 Å². The summed E-state index contributed by atoms with van der Waals surface area (Å²) in [5, 5.41) is 0.